The van der Waals surface area contributed by atoms with Gasteiger partial charge in [0, 0.05) is 36.5 Å². The van der Waals surface area contributed by atoms with E-state index in [9.17, 15) is 25.3 Å². The summed E-state index contributed by atoms with van der Waals surface area (Å²) in [6.07, 6.45) is 0. The molecule has 132 valence electrons. The molecule has 2 aromatic carbocycles. The van der Waals surface area contributed by atoms with E-state index in [1.165, 1.54) is 17.0 Å². The number of nitrogen functional groups attached to an aromatic ring is 1. The highest BCUT2D eigenvalue weighted by molar-refractivity contribution is 5.91. The van der Waals surface area contributed by atoms with Gasteiger partial charge in [-0.1, -0.05) is 30.3 Å². The first kappa shape index (κ1) is 17.4. The fourth-order valence-electron chi connectivity index (χ4n) is 3.19. The van der Waals surface area contributed by atoms with Crippen molar-refractivity contribution >= 4 is 17.3 Å². The molecule has 0 aliphatic carbocycles. The van der Waals surface area contributed by atoms with Gasteiger partial charge >= 0.3 is 0 Å². The molecule has 2 aromatic rings. The molecule has 0 aromatic heterocycles. The lowest BCUT2D eigenvalue weighted by Crippen LogP contribution is -2.41. The number of benzene rings is 2. The molecule has 1 saturated heterocycles. The second-order valence-electron chi connectivity index (χ2n) is 6.15. The maximum Gasteiger partial charge on any atom is 0.269 e. The topological polar surface area (TPSA) is 133 Å². The normalized spacial score (nSPS) is 22.2. The number of amides is 1. The number of rotatable bonds is 4. The molecule has 0 spiro atoms. The molecule has 0 bridgehead atoms. The maximum atomic E-state index is 12.9. The Labute approximate surface area is 149 Å². The first-order valence-electron chi connectivity index (χ1n) is 7.87. The lowest BCUT2D eigenvalue weighted by atomic mass is 9.83. The van der Waals surface area contributed by atoms with Crippen molar-refractivity contribution < 1.29 is 14.8 Å². The third-order valence-electron chi connectivity index (χ3n) is 4.55. The molecule has 0 radical (unpaired) electrons. The lowest BCUT2D eigenvalue weighted by Gasteiger charge is -2.25. The molecule has 2 atom stereocenters. The average Bonchev–Trinajstić information content (AvgIpc) is 2.88. The Morgan fingerprint density at radius 1 is 1.35 bits per heavy atom. The van der Waals surface area contributed by atoms with Gasteiger partial charge in [0.25, 0.3) is 11.6 Å². The van der Waals surface area contributed by atoms with E-state index in [1.807, 2.05) is 36.4 Å². The number of nitrogens with zero attached hydrogens (tertiary/aromatic N) is 3. The molecule has 8 nitrogen and oxygen atoms in total. The minimum absolute atomic E-state index is 0.00284. The number of nitro benzene ring substituents is 1. The van der Waals surface area contributed by atoms with Crippen molar-refractivity contribution in [3.8, 4) is 6.07 Å². The highest BCUT2D eigenvalue weighted by Crippen LogP contribution is 2.42. The van der Waals surface area contributed by atoms with E-state index >= 15 is 0 Å². The molecular formula is C18H16N4O4. The number of nitro groups is 1. The second kappa shape index (κ2) is 6.46. The molecule has 1 fully saturated rings. The fourth-order valence-corrected chi connectivity index (χ4v) is 3.19. The predicted molar refractivity (Wildman–Crippen MR) is 92.4 cm³/mol. The lowest BCUT2D eigenvalue weighted by molar-refractivity contribution is -0.385. The fraction of sp³-hybridized carbons (Fsp3) is 0.222. The first-order valence-corrected chi connectivity index (χ1v) is 7.87. The van der Waals surface area contributed by atoms with Crippen molar-refractivity contribution in [1.29, 1.82) is 5.26 Å². The van der Waals surface area contributed by atoms with Gasteiger partial charge in [-0.15, -0.1) is 0 Å². The summed E-state index contributed by atoms with van der Waals surface area (Å²) in [7, 11) is 0. The molecule has 0 saturated carbocycles. The standard InChI is InChI=1S/C18H16N4O4/c19-9-13-11-21(10-12-4-2-1-3-5-12)17(23)18(13,24)15-8-14(22(25)26)6-7-16(15)20/h1-8,13,24H,10-11,20H2/t13-,18-/m0/s1. The van der Waals surface area contributed by atoms with Crippen LogP contribution >= 0.6 is 0 Å². The van der Waals surface area contributed by atoms with Crippen LogP contribution in [0.15, 0.2) is 48.5 Å². The number of hydrogen-bond donors (Lipinski definition) is 2. The minimum atomic E-state index is -2.22. The number of aliphatic hydroxyl groups is 1. The number of carbonyl (C=O) groups excluding carboxylic acids is 1. The van der Waals surface area contributed by atoms with E-state index in [4.69, 9.17) is 5.73 Å². The zero-order valence-electron chi connectivity index (χ0n) is 13.7. The number of nitriles is 1. The SMILES string of the molecule is N#C[C@H]1CN(Cc2ccccc2)C(=O)[C@@]1(O)c1cc([N+](=O)[O-])ccc1N. The zero-order chi connectivity index (χ0) is 18.9. The summed E-state index contributed by atoms with van der Waals surface area (Å²) in [5.74, 6) is -1.79. The minimum Gasteiger partial charge on any atom is -0.398 e. The van der Waals surface area contributed by atoms with Gasteiger partial charge in [0.2, 0.25) is 0 Å². The van der Waals surface area contributed by atoms with Crippen LogP contribution < -0.4 is 5.73 Å². The van der Waals surface area contributed by atoms with Crippen LogP contribution in [0, 0.1) is 27.4 Å². The van der Waals surface area contributed by atoms with E-state index in [0.717, 1.165) is 11.6 Å². The number of non-ortho nitro benzene ring substituents is 1. The maximum absolute atomic E-state index is 12.9. The molecule has 0 unspecified atom stereocenters. The predicted octanol–water partition coefficient (Wildman–Crippen LogP) is 1.55. The van der Waals surface area contributed by atoms with Crippen molar-refractivity contribution in [3.05, 3.63) is 69.8 Å². The smallest absolute Gasteiger partial charge is 0.269 e. The van der Waals surface area contributed by atoms with Crippen LogP contribution in [0.3, 0.4) is 0 Å². The van der Waals surface area contributed by atoms with Gasteiger partial charge in [-0.3, -0.25) is 14.9 Å². The van der Waals surface area contributed by atoms with Crippen molar-refractivity contribution in [2.75, 3.05) is 12.3 Å². The van der Waals surface area contributed by atoms with Crippen LogP contribution in [0.4, 0.5) is 11.4 Å². The molecule has 1 amide bonds. The summed E-state index contributed by atoms with van der Waals surface area (Å²) in [6.45, 7) is 0.220. The van der Waals surface area contributed by atoms with E-state index in [2.05, 4.69) is 0 Å². The van der Waals surface area contributed by atoms with Gasteiger partial charge in [-0.05, 0) is 11.6 Å². The van der Waals surface area contributed by atoms with Crippen molar-refractivity contribution in [2.24, 2.45) is 5.92 Å². The third kappa shape index (κ3) is 2.74. The van der Waals surface area contributed by atoms with Crippen molar-refractivity contribution in [3.63, 3.8) is 0 Å². The van der Waals surface area contributed by atoms with Crippen LogP contribution in [0.5, 0.6) is 0 Å². The number of anilines is 1. The van der Waals surface area contributed by atoms with Crippen LogP contribution in [0.2, 0.25) is 0 Å². The summed E-state index contributed by atoms with van der Waals surface area (Å²) >= 11 is 0. The Balaban J connectivity index is 2.02. The number of nitrogens with two attached hydrogens (primary N) is 1. The summed E-state index contributed by atoms with van der Waals surface area (Å²) in [5.41, 5.74) is 4.09. The largest absolute Gasteiger partial charge is 0.398 e. The Hall–Kier alpha value is -3.44. The average molecular weight is 352 g/mol. The summed E-state index contributed by atoms with van der Waals surface area (Å²) in [6, 6.07) is 14.6. The Morgan fingerprint density at radius 2 is 2.04 bits per heavy atom. The van der Waals surface area contributed by atoms with Gasteiger partial charge in [-0.2, -0.15) is 5.26 Å². The molecule has 3 rings (SSSR count). The van der Waals surface area contributed by atoms with Gasteiger partial charge in [-0.25, -0.2) is 0 Å². The molecule has 1 aliphatic rings. The van der Waals surface area contributed by atoms with Crippen LogP contribution in [-0.2, 0) is 16.9 Å². The quantitative estimate of drug-likeness (QED) is 0.487. The highest BCUT2D eigenvalue weighted by Gasteiger charge is 2.55. The molecule has 1 heterocycles. The molecule has 26 heavy (non-hydrogen) atoms. The zero-order valence-corrected chi connectivity index (χ0v) is 13.7. The Morgan fingerprint density at radius 3 is 2.65 bits per heavy atom. The molecule has 3 N–H and O–H groups in total. The van der Waals surface area contributed by atoms with Crippen molar-refractivity contribution in [2.45, 2.75) is 12.1 Å². The van der Waals surface area contributed by atoms with Gasteiger partial charge < -0.3 is 15.7 Å². The van der Waals surface area contributed by atoms with Crippen LogP contribution in [-0.4, -0.2) is 27.4 Å². The monoisotopic (exact) mass is 352 g/mol. The molecule has 1 aliphatic heterocycles. The van der Waals surface area contributed by atoms with Crippen LogP contribution in [0.1, 0.15) is 11.1 Å². The molecular weight excluding hydrogens is 336 g/mol. The van der Waals surface area contributed by atoms with Gasteiger partial charge in [0.1, 0.15) is 5.92 Å². The van der Waals surface area contributed by atoms with Crippen LogP contribution in [0.25, 0.3) is 0 Å². The summed E-state index contributed by atoms with van der Waals surface area (Å²) in [4.78, 5) is 24.7. The first-order chi connectivity index (χ1) is 12.4. The Kier molecular flexibility index (Phi) is 4.32. The number of likely N-dealkylation sites (tertiary alicyclic amines) is 1. The van der Waals surface area contributed by atoms with Gasteiger partial charge in [0.05, 0.1) is 11.0 Å². The van der Waals surface area contributed by atoms with E-state index < -0.39 is 22.3 Å². The Bertz CT molecular complexity index is 909. The third-order valence-corrected chi connectivity index (χ3v) is 4.55. The van der Waals surface area contributed by atoms with E-state index in [1.54, 1.807) is 0 Å². The highest BCUT2D eigenvalue weighted by atomic mass is 16.6. The van der Waals surface area contributed by atoms with E-state index in [0.29, 0.717) is 0 Å². The number of hydrogen-bond acceptors (Lipinski definition) is 6. The summed E-state index contributed by atoms with van der Waals surface area (Å²) in [5, 5.41) is 31.6. The second-order valence-corrected chi connectivity index (χ2v) is 6.15. The van der Waals surface area contributed by atoms with Gasteiger partial charge in [0.15, 0.2) is 5.60 Å². The summed E-state index contributed by atoms with van der Waals surface area (Å²) < 4.78 is 0. The number of carbonyl (C=O) groups is 1. The van der Waals surface area contributed by atoms with E-state index in [-0.39, 0.29) is 30.0 Å². The van der Waals surface area contributed by atoms with Crippen molar-refractivity contribution in [1.82, 2.24) is 4.90 Å². The molecule has 8 heteroatoms.